The van der Waals surface area contributed by atoms with Crippen LogP contribution >= 0.6 is 0 Å². The number of hydrogen-bond acceptors (Lipinski definition) is 3. The lowest BCUT2D eigenvalue weighted by Gasteiger charge is -2.21. The van der Waals surface area contributed by atoms with Crippen LogP contribution in [0.5, 0.6) is 5.75 Å². The highest BCUT2D eigenvalue weighted by atomic mass is 16.5. The van der Waals surface area contributed by atoms with Gasteiger partial charge in [-0.15, -0.1) is 0 Å². The molecular weight excluding hydrogens is 336 g/mol. The second-order valence-electron chi connectivity index (χ2n) is 6.55. The third kappa shape index (κ3) is 2.81. The molecule has 1 aliphatic rings. The Hall–Kier alpha value is -3.66. The third-order valence-corrected chi connectivity index (χ3v) is 4.83. The second kappa shape index (κ2) is 6.25. The quantitative estimate of drug-likeness (QED) is 0.549. The van der Waals surface area contributed by atoms with Gasteiger partial charge in [-0.3, -0.25) is 9.78 Å². The maximum atomic E-state index is 12.7. The van der Waals surface area contributed by atoms with Crippen LogP contribution < -0.4 is 10.1 Å². The number of carbonyl (C=O) groups excluding carboxylic acids is 1. The molecule has 0 atom stereocenters. The van der Waals surface area contributed by atoms with E-state index in [0.29, 0.717) is 17.9 Å². The molecule has 4 aromatic rings. The summed E-state index contributed by atoms with van der Waals surface area (Å²) in [6, 6.07) is 21.4. The predicted octanol–water partition coefficient (Wildman–Crippen LogP) is 5.05. The smallest absolute Gasteiger partial charge is 0.255 e. The zero-order valence-corrected chi connectivity index (χ0v) is 14.5. The first-order valence-electron chi connectivity index (χ1n) is 8.78. The van der Waals surface area contributed by atoms with Gasteiger partial charge in [-0.05, 0) is 46.7 Å². The summed E-state index contributed by atoms with van der Waals surface area (Å²) in [5, 5.41) is 5.13. The Labute approximate surface area is 156 Å². The number of aromatic nitrogens is 1. The lowest BCUT2D eigenvalue weighted by molar-refractivity contribution is 0.102. The fourth-order valence-electron chi connectivity index (χ4n) is 3.44. The molecule has 1 aliphatic heterocycles. The zero-order valence-electron chi connectivity index (χ0n) is 14.5. The van der Waals surface area contributed by atoms with Crippen LogP contribution in [0.2, 0.25) is 0 Å². The van der Waals surface area contributed by atoms with Crippen molar-refractivity contribution in [1.82, 2.24) is 4.98 Å². The van der Waals surface area contributed by atoms with Crippen LogP contribution in [0.25, 0.3) is 21.9 Å². The van der Waals surface area contributed by atoms with E-state index < -0.39 is 0 Å². The first-order valence-corrected chi connectivity index (χ1v) is 8.78. The van der Waals surface area contributed by atoms with Gasteiger partial charge in [0.05, 0.1) is 0 Å². The van der Waals surface area contributed by atoms with Gasteiger partial charge in [-0.25, -0.2) is 0 Å². The number of ether oxygens (including phenoxy) is 1. The monoisotopic (exact) mass is 352 g/mol. The van der Waals surface area contributed by atoms with E-state index in [1.54, 1.807) is 6.20 Å². The van der Waals surface area contributed by atoms with E-state index in [0.717, 1.165) is 33.2 Å². The fourth-order valence-corrected chi connectivity index (χ4v) is 3.44. The Bertz CT molecular complexity index is 1180. The minimum Gasteiger partial charge on any atom is -0.488 e. The standard InChI is InChI=1S/C23H16N2O2/c26-23(17-6-5-15-3-1-2-4-16(15)11-17)25-19-7-8-21-20-9-10-24-13-18(20)14-27-22(21)12-19/h1-13H,14H2,(H,25,26). The van der Waals surface area contributed by atoms with Crippen LogP contribution in [-0.2, 0) is 6.61 Å². The van der Waals surface area contributed by atoms with Gasteiger partial charge in [0, 0.05) is 40.8 Å². The highest BCUT2D eigenvalue weighted by Gasteiger charge is 2.18. The van der Waals surface area contributed by atoms with Crippen molar-refractivity contribution in [2.45, 2.75) is 6.61 Å². The average Bonchev–Trinajstić information content (AvgIpc) is 2.73. The molecular formula is C23H16N2O2. The molecule has 4 heteroatoms. The molecule has 1 N–H and O–H groups in total. The first kappa shape index (κ1) is 15.6. The molecule has 0 fully saturated rings. The highest BCUT2D eigenvalue weighted by Crippen LogP contribution is 2.38. The molecule has 27 heavy (non-hydrogen) atoms. The van der Waals surface area contributed by atoms with Crippen molar-refractivity contribution < 1.29 is 9.53 Å². The molecule has 5 rings (SSSR count). The summed E-state index contributed by atoms with van der Waals surface area (Å²) < 4.78 is 5.84. The third-order valence-electron chi connectivity index (χ3n) is 4.83. The molecule has 0 radical (unpaired) electrons. The second-order valence-corrected chi connectivity index (χ2v) is 6.55. The van der Waals surface area contributed by atoms with Crippen molar-refractivity contribution in [1.29, 1.82) is 0 Å². The molecule has 1 amide bonds. The van der Waals surface area contributed by atoms with E-state index >= 15 is 0 Å². The summed E-state index contributed by atoms with van der Waals surface area (Å²) in [5.41, 5.74) is 4.55. The summed E-state index contributed by atoms with van der Waals surface area (Å²) in [4.78, 5) is 16.8. The van der Waals surface area contributed by atoms with Crippen LogP contribution in [0, 0.1) is 0 Å². The largest absolute Gasteiger partial charge is 0.488 e. The number of fused-ring (bicyclic) bond motifs is 4. The maximum Gasteiger partial charge on any atom is 0.255 e. The van der Waals surface area contributed by atoms with Crippen molar-refractivity contribution >= 4 is 22.4 Å². The number of anilines is 1. The number of nitrogens with zero attached hydrogens (tertiary/aromatic N) is 1. The lowest BCUT2D eigenvalue weighted by atomic mass is 9.98. The predicted molar refractivity (Wildman–Crippen MR) is 106 cm³/mol. The molecule has 0 saturated carbocycles. The molecule has 2 heterocycles. The average molecular weight is 352 g/mol. The number of benzene rings is 3. The van der Waals surface area contributed by atoms with Crippen LogP contribution in [0.15, 0.2) is 79.1 Å². The van der Waals surface area contributed by atoms with Crippen molar-refractivity contribution in [3.63, 3.8) is 0 Å². The Kier molecular flexibility index (Phi) is 3.61. The van der Waals surface area contributed by atoms with Gasteiger partial charge in [-0.1, -0.05) is 30.3 Å². The Morgan fingerprint density at radius 2 is 1.81 bits per heavy atom. The summed E-state index contributed by atoms with van der Waals surface area (Å²) >= 11 is 0. The van der Waals surface area contributed by atoms with E-state index in [9.17, 15) is 4.79 Å². The van der Waals surface area contributed by atoms with Crippen LogP contribution in [0.3, 0.4) is 0 Å². The lowest BCUT2D eigenvalue weighted by Crippen LogP contribution is -2.12. The van der Waals surface area contributed by atoms with Gasteiger partial charge in [0.1, 0.15) is 12.4 Å². The van der Waals surface area contributed by atoms with Crippen molar-refractivity contribution in [2.75, 3.05) is 5.32 Å². The summed E-state index contributed by atoms with van der Waals surface area (Å²) in [6.07, 6.45) is 3.61. The molecule has 1 aromatic heterocycles. The Morgan fingerprint density at radius 3 is 2.74 bits per heavy atom. The molecule has 0 saturated heterocycles. The highest BCUT2D eigenvalue weighted by molar-refractivity contribution is 6.06. The van der Waals surface area contributed by atoms with Crippen LogP contribution in [-0.4, -0.2) is 10.9 Å². The number of hydrogen-bond donors (Lipinski definition) is 1. The molecule has 130 valence electrons. The normalized spacial score (nSPS) is 12.0. The topological polar surface area (TPSA) is 51.2 Å². The Balaban J connectivity index is 1.43. The molecule has 4 nitrogen and oxygen atoms in total. The van der Waals surface area contributed by atoms with Gasteiger partial charge >= 0.3 is 0 Å². The Morgan fingerprint density at radius 1 is 0.926 bits per heavy atom. The van der Waals surface area contributed by atoms with E-state index in [4.69, 9.17) is 4.74 Å². The number of pyridine rings is 1. The first-order chi connectivity index (χ1) is 13.3. The van der Waals surface area contributed by atoms with E-state index in [1.165, 1.54) is 0 Å². The molecule has 0 aliphatic carbocycles. The number of amides is 1. The van der Waals surface area contributed by atoms with Crippen molar-refractivity contribution in [2.24, 2.45) is 0 Å². The van der Waals surface area contributed by atoms with Gasteiger partial charge in [0.15, 0.2) is 0 Å². The minimum atomic E-state index is -0.138. The molecule has 0 bridgehead atoms. The van der Waals surface area contributed by atoms with E-state index in [1.807, 2.05) is 72.9 Å². The maximum absolute atomic E-state index is 12.7. The summed E-state index contributed by atoms with van der Waals surface area (Å²) in [6.45, 7) is 0.484. The molecule has 0 spiro atoms. The van der Waals surface area contributed by atoms with Gasteiger partial charge in [0.2, 0.25) is 0 Å². The fraction of sp³-hybridized carbons (Fsp3) is 0.0435. The zero-order chi connectivity index (χ0) is 18.2. The van der Waals surface area contributed by atoms with Gasteiger partial charge in [0.25, 0.3) is 5.91 Å². The van der Waals surface area contributed by atoms with Gasteiger partial charge in [-0.2, -0.15) is 0 Å². The van der Waals surface area contributed by atoms with Crippen LogP contribution in [0.1, 0.15) is 15.9 Å². The van der Waals surface area contributed by atoms with Crippen molar-refractivity contribution in [3.05, 3.63) is 90.3 Å². The summed E-state index contributed by atoms with van der Waals surface area (Å²) in [7, 11) is 0. The number of nitrogens with one attached hydrogen (secondary N) is 1. The van der Waals surface area contributed by atoms with Crippen LogP contribution in [0.4, 0.5) is 5.69 Å². The van der Waals surface area contributed by atoms with E-state index in [2.05, 4.69) is 10.3 Å². The van der Waals surface area contributed by atoms with E-state index in [-0.39, 0.29) is 5.91 Å². The van der Waals surface area contributed by atoms with Crippen molar-refractivity contribution in [3.8, 4) is 16.9 Å². The number of rotatable bonds is 2. The SMILES string of the molecule is O=C(Nc1ccc2c(c1)OCc1cnccc1-2)c1ccc2ccccc2c1. The molecule has 3 aromatic carbocycles. The van der Waals surface area contributed by atoms with Gasteiger partial charge < -0.3 is 10.1 Å². The number of carbonyl (C=O) groups is 1. The summed E-state index contributed by atoms with van der Waals surface area (Å²) in [5.74, 6) is 0.631. The molecule has 0 unspecified atom stereocenters. The minimum absolute atomic E-state index is 0.138.